The summed E-state index contributed by atoms with van der Waals surface area (Å²) in [5.41, 5.74) is 0.253. The number of carbonyl (C=O) groups excluding carboxylic acids is 3. The molecule has 0 radical (unpaired) electrons. The minimum Gasteiger partial charge on any atom is -0.324 e. The number of carbonyl (C=O) groups is 3. The zero-order chi connectivity index (χ0) is 19.8. The van der Waals surface area contributed by atoms with Crippen LogP contribution in [0.4, 0.5) is 11.4 Å². The summed E-state index contributed by atoms with van der Waals surface area (Å²) >= 11 is 0. The van der Waals surface area contributed by atoms with E-state index in [0.29, 0.717) is 5.69 Å². The molecule has 1 aliphatic rings. The van der Waals surface area contributed by atoms with Crippen LogP contribution in [0, 0.1) is 10.1 Å². The van der Waals surface area contributed by atoms with Crippen molar-refractivity contribution in [3.8, 4) is 0 Å². The molecule has 0 fully saturated rings. The van der Waals surface area contributed by atoms with Crippen molar-refractivity contribution in [3.63, 3.8) is 0 Å². The van der Waals surface area contributed by atoms with Crippen LogP contribution in [-0.4, -0.2) is 34.1 Å². The Morgan fingerprint density at radius 1 is 0.964 bits per heavy atom. The van der Waals surface area contributed by atoms with Crippen LogP contribution in [0.25, 0.3) is 10.8 Å². The van der Waals surface area contributed by atoms with Crippen molar-refractivity contribution in [2.24, 2.45) is 0 Å². The monoisotopic (exact) mass is 375 g/mol. The number of non-ortho nitro benzene ring substituents is 1. The van der Waals surface area contributed by atoms with Gasteiger partial charge in [0.25, 0.3) is 17.5 Å². The molecule has 1 heterocycles. The summed E-state index contributed by atoms with van der Waals surface area (Å²) in [6.45, 7) is -0.483. The molecule has 8 nitrogen and oxygen atoms in total. The number of amides is 3. The molecular weight excluding hydrogens is 362 g/mol. The number of nitro benzene ring substituents is 1. The van der Waals surface area contributed by atoms with E-state index in [9.17, 15) is 24.5 Å². The van der Waals surface area contributed by atoms with Gasteiger partial charge in [-0.25, -0.2) is 0 Å². The number of anilines is 1. The summed E-state index contributed by atoms with van der Waals surface area (Å²) in [5, 5.41) is 15.4. The first-order chi connectivity index (χ1) is 13.5. The van der Waals surface area contributed by atoms with Gasteiger partial charge >= 0.3 is 0 Å². The van der Waals surface area contributed by atoms with E-state index >= 15 is 0 Å². The molecule has 0 aromatic heterocycles. The second-order valence-corrected chi connectivity index (χ2v) is 6.26. The molecule has 1 aliphatic heterocycles. The maximum atomic E-state index is 12.5. The van der Waals surface area contributed by atoms with E-state index < -0.39 is 29.2 Å². The predicted octanol–water partition coefficient (Wildman–Crippen LogP) is 2.98. The molecule has 3 aromatic carbocycles. The zero-order valence-corrected chi connectivity index (χ0v) is 14.4. The number of rotatable bonds is 4. The summed E-state index contributed by atoms with van der Waals surface area (Å²) < 4.78 is 0. The Bertz CT molecular complexity index is 1170. The van der Waals surface area contributed by atoms with Gasteiger partial charge in [-0.05, 0) is 17.5 Å². The molecule has 1 N–H and O–H groups in total. The van der Waals surface area contributed by atoms with Crippen molar-refractivity contribution in [2.45, 2.75) is 0 Å². The molecule has 4 rings (SSSR count). The highest BCUT2D eigenvalue weighted by molar-refractivity contribution is 6.23. The Balaban J connectivity index is 1.56. The van der Waals surface area contributed by atoms with E-state index in [0.717, 1.165) is 27.8 Å². The third kappa shape index (κ3) is 2.86. The van der Waals surface area contributed by atoms with Crippen LogP contribution >= 0.6 is 0 Å². The van der Waals surface area contributed by atoms with Gasteiger partial charge in [-0.1, -0.05) is 36.4 Å². The SMILES string of the molecule is O=C(CN1C(=O)c2ccc([N+](=O)[O-])cc2C1=O)Nc1cccc2ccccc12. The molecule has 0 aliphatic carbocycles. The van der Waals surface area contributed by atoms with Gasteiger partial charge < -0.3 is 5.32 Å². The Kier molecular flexibility index (Phi) is 4.08. The third-order valence-electron chi connectivity index (χ3n) is 4.53. The summed E-state index contributed by atoms with van der Waals surface area (Å²) in [4.78, 5) is 48.4. The number of benzene rings is 3. The first kappa shape index (κ1) is 17.3. The van der Waals surface area contributed by atoms with Gasteiger partial charge in [0.2, 0.25) is 5.91 Å². The van der Waals surface area contributed by atoms with Gasteiger partial charge in [-0.2, -0.15) is 0 Å². The van der Waals surface area contributed by atoms with Gasteiger partial charge in [0.05, 0.1) is 16.1 Å². The van der Waals surface area contributed by atoms with Gasteiger partial charge in [0, 0.05) is 23.2 Å². The zero-order valence-electron chi connectivity index (χ0n) is 14.4. The van der Waals surface area contributed by atoms with Crippen molar-refractivity contribution in [2.75, 3.05) is 11.9 Å². The Hall–Kier alpha value is -4.07. The lowest BCUT2D eigenvalue weighted by atomic mass is 10.1. The van der Waals surface area contributed by atoms with Crippen LogP contribution in [0.1, 0.15) is 20.7 Å². The summed E-state index contributed by atoms with van der Waals surface area (Å²) in [7, 11) is 0. The predicted molar refractivity (Wildman–Crippen MR) is 101 cm³/mol. The standard InChI is InChI=1S/C20H13N3O5/c24-18(21-17-7-3-5-12-4-1-2-6-14(12)17)11-22-19(25)15-9-8-13(23(27)28)10-16(15)20(22)26/h1-10H,11H2,(H,21,24). The minimum absolute atomic E-state index is 0.0496. The molecule has 0 atom stereocenters. The summed E-state index contributed by atoms with van der Waals surface area (Å²) in [5.74, 6) is -1.92. The van der Waals surface area contributed by atoms with Crippen LogP contribution < -0.4 is 5.32 Å². The smallest absolute Gasteiger partial charge is 0.270 e. The van der Waals surface area contributed by atoms with Crippen LogP contribution in [0.2, 0.25) is 0 Å². The van der Waals surface area contributed by atoms with E-state index in [1.54, 1.807) is 12.1 Å². The number of fused-ring (bicyclic) bond motifs is 2. The van der Waals surface area contributed by atoms with Gasteiger partial charge in [-0.3, -0.25) is 29.4 Å². The Morgan fingerprint density at radius 3 is 2.46 bits per heavy atom. The molecule has 28 heavy (non-hydrogen) atoms. The molecule has 0 saturated heterocycles. The minimum atomic E-state index is -0.725. The summed E-state index contributed by atoms with van der Waals surface area (Å²) in [6, 6.07) is 16.3. The molecule has 3 amide bonds. The molecule has 138 valence electrons. The number of imide groups is 1. The fraction of sp³-hybridized carbons (Fsp3) is 0.0500. The Labute approximate surface area is 158 Å². The quantitative estimate of drug-likeness (QED) is 0.428. The van der Waals surface area contributed by atoms with Gasteiger partial charge in [0.1, 0.15) is 6.54 Å². The average Bonchev–Trinajstić information content (AvgIpc) is 2.92. The van der Waals surface area contributed by atoms with E-state index in [4.69, 9.17) is 0 Å². The van der Waals surface area contributed by atoms with Crippen LogP contribution in [0.5, 0.6) is 0 Å². The third-order valence-corrected chi connectivity index (χ3v) is 4.53. The highest BCUT2D eigenvalue weighted by atomic mass is 16.6. The van der Waals surface area contributed by atoms with Crippen molar-refractivity contribution in [1.29, 1.82) is 0 Å². The molecule has 0 spiro atoms. The molecule has 0 bridgehead atoms. The van der Waals surface area contributed by atoms with Gasteiger partial charge in [-0.15, -0.1) is 0 Å². The van der Waals surface area contributed by atoms with E-state index in [2.05, 4.69) is 5.32 Å². The molecular formula is C20H13N3O5. The highest BCUT2D eigenvalue weighted by Gasteiger charge is 2.37. The molecule has 8 heteroatoms. The van der Waals surface area contributed by atoms with Crippen molar-refractivity contribution in [1.82, 2.24) is 4.90 Å². The second kappa shape index (κ2) is 6.58. The van der Waals surface area contributed by atoms with E-state index in [-0.39, 0.29) is 16.8 Å². The fourth-order valence-electron chi connectivity index (χ4n) is 3.20. The molecule has 0 saturated carbocycles. The van der Waals surface area contributed by atoms with Crippen molar-refractivity contribution >= 4 is 39.9 Å². The number of nitro groups is 1. The number of nitrogens with one attached hydrogen (secondary N) is 1. The number of nitrogens with zero attached hydrogens (tertiary/aromatic N) is 2. The van der Waals surface area contributed by atoms with Gasteiger partial charge in [0.15, 0.2) is 0 Å². The highest BCUT2D eigenvalue weighted by Crippen LogP contribution is 2.27. The molecule has 3 aromatic rings. The number of hydrogen-bond acceptors (Lipinski definition) is 5. The fourth-order valence-corrected chi connectivity index (χ4v) is 3.20. The largest absolute Gasteiger partial charge is 0.324 e. The second-order valence-electron chi connectivity index (χ2n) is 6.26. The lowest BCUT2D eigenvalue weighted by molar-refractivity contribution is -0.384. The van der Waals surface area contributed by atoms with Crippen LogP contribution in [0.3, 0.4) is 0 Å². The topological polar surface area (TPSA) is 110 Å². The first-order valence-corrected chi connectivity index (χ1v) is 8.38. The number of hydrogen-bond donors (Lipinski definition) is 1. The summed E-state index contributed by atoms with van der Waals surface area (Å²) in [6.07, 6.45) is 0. The lowest BCUT2D eigenvalue weighted by Crippen LogP contribution is -2.37. The van der Waals surface area contributed by atoms with Crippen LogP contribution in [0.15, 0.2) is 60.7 Å². The normalized spacial score (nSPS) is 12.9. The van der Waals surface area contributed by atoms with E-state index in [1.165, 1.54) is 6.07 Å². The Morgan fingerprint density at radius 2 is 1.68 bits per heavy atom. The van der Waals surface area contributed by atoms with Crippen LogP contribution in [-0.2, 0) is 4.79 Å². The molecule has 0 unspecified atom stereocenters. The first-order valence-electron chi connectivity index (χ1n) is 8.38. The van der Waals surface area contributed by atoms with Crippen molar-refractivity contribution in [3.05, 3.63) is 81.9 Å². The lowest BCUT2D eigenvalue weighted by Gasteiger charge is -2.14. The van der Waals surface area contributed by atoms with E-state index in [1.807, 2.05) is 30.3 Å². The van der Waals surface area contributed by atoms with Crippen molar-refractivity contribution < 1.29 is 19.3 Å². The maximum Gasteiger partial charge on any atom is 0.270 e. The maximum absolute atomic E-state index is 12.5. The average molecular weight is 375 g/mol.